The van der Waals surface area contributed by atoms with Crippen molar-refractivity contribution >= 4 is 101 Å². The second kappa shape index (κ2) is 24.2. The van der Waals surface area contributed by atoms with Crippen LogP contribution in [-0.2, 0) is 40.9 Å². The van der Waals surface area contributed by atoms with Crippen molar-refractivity contribution in [2.75, 3.05) is 9.80 Å². The number of hydrogen-bond acceptors (Lipinski definition) is 2. The fourth-order valence-corrected chi connectivity index (χ4v) is 15.9. The molecular formula is C97H105BN4. The molecule has 0 unspecified atom stereocenters. The fraction of sp³-hybridized carbons (Fsp3) is 0.320. The average Bonchev–Trinajstić information content (AvgIpc) is 1.22. The zero-order valence-electron chi connectivity index (χ0n) is 73.9. The lowest BCUT2D eigenvalue weighted by Gasteiger charge is -2.45. The van der Waals surface area contributed by atoms with Crippen LogP contribution < -0.4 is 26.2 Å². The number of hydrogen-bond donors (Lipinski definition) is 0. The normalized spacial score (nSPS) is 15.3. The molecule has 516 valence electrons. The monoisotopic (exact) mass is 1350 g/mol. The molecule has 0 fully saturated rings. The summed E-state index contributed by atoms with van der Waals surface area (Å²) in [7, 11) is 0. The van der Waals surface area contributed by atoms with Crippen LogP contribution in [0.2, 0.25) is 0 Å². The van der Waals surface area contributed by atoms with Gasteiger partial charge in [-0.2, -0.15) is 0 Å². The molecule has 0 radical (unpaired) electrons. The zero-order chi connectivity index (χ0) is 81.0. The van der Waals surface area contributed by atoms with Gasteiger partial charge in [0, 0.05) is 69.5 Å². The number of rotatable bonds is 9. The summed E-state index contributed by atoms with van der Waals surface area (Å²) in [6.07, 6.45) is -0.516. The molecule has 4 nitrogen and oxygen atoms in total. The van der Waals surface area contributed by atoms with Gasteiger partial charge in [0.25, 0.3) is 6.71 Å². The molecule has 0 bridgehead atoms. The number of fused-ring (bicyclic) bond motifs is 10. The van der Waals surface area contributed by atoms with E-state index in [1.807, 2.05) is 29.9 Å². The van der Waals surface area contributed by atoms with E-state index in [4.69, 9.17) is 0 Å². The van der Waals surface area contributed by atoms with Gasteiger partial charge in [0.2, 0.25) is 0 Å². The molecule has 4 heterocycles. The van der Waals surface area contributed by atoms with E-state index in [1.54, 1.807) is 0 Å². The first-order valence-corrected chi connectivity index (χ1v) is 36.7. The molecule has 0 aliphatic carbocycles. The highest BCUT2D eigenvalue weighted by molar-refractivity contribution is 7.00. The molecular weight excluding hydrogens is 1230 g/mol. The Hall–Kier alpha value is -9.32. The van der Waals surface area contributed by atoms with Crippen LogP contribution in [0.5, 0.6) is 0 Å². The van der Waals surface area contributed by atoms with E-state index >= 15 is 0 Å². The fourth-order valence-electron chi connectivity index (χ4n) is 15.9. The summed E-state index contributed by atoms with van der Waals surface area (Å²) in [6.45, 7) is 45.5. The van der Waals surface area contributed by atoms with Gasteiger partial charge in [-0.3, -0.25) is 0 Å². The molecule has 0 saturated carbocycles. The maximum absolute atomic E-state index is 10.7. The van der Waals surface area contributed by atoms with Gasteiger partial charge in [0.1, 0.15) is 0 Å². The number of aromatic nitrogens is 2. The van der Waals surface area contributed by atoms with Crippen LogP contribution in [0.25, 0.3) is 77.2 Å². The summed E-state index contributed by atoms with van der Waals surface area (Å²) in [5.41, 5.74) is 20.1. The molecule has 11 aromatic carbocycles. The molecule has 5 heteroatoms. The smallest absolute Gasteiger partial charge is 0.252 e. The largest absolute Gasteiger partial charge is 0.311 e. The molecule has 0 atom stereocenters. The van der Waals surface area contributed by atoms with E-state index in [1.165, 1.54) is 0 Å². The van der Waals surface area contributed by atoms with Gasteiger partial charge < -0.3 is 18.9 Å². The van der Waals surface area contributed by atoms with Crippen LogP contribution in [0.15, 0.2) is 218 Å². The Bertz CT molecular complexity index is 5750. The molecule has 13 aromatic rings. The Morgan fingerprint density at radius 2 is 0.716 bits per heavy atom. The zero-order valence-corrected chi connectivity index (χ0v) is 63.9. The van der Waals surface area contributed by atoms with Gasteiger partial charge >= 0.3 is 0 Å². The average molecular weight is 1350 g/mol. The maximum Gasteiger partial charge on any atom is 0.252 e. The van der Waals surface area contributed by atoms with Crippen molar-refractivity contribution in [3.63, 3.8) is 0 Å². The van der Waals surface area contributed by atoms with E-state index in [0.717, 1.165) is 141 Å². The first kappa shape index (κ1) is 57.2. The maximum atomic E-state index is 10.7. The lowest BCUT2D eigenvalue weighted by atomic mass is 9.33. The number of para-hydroxylation sites is 2. The number of anilines is 6. The Balaban J connectivity index is 1.14. The summed E-state index contributed by atoms with van der Waals surface area (Å²) in [5.74, 6) is 0. The highest BCUT2D eigenvalue weighted by atomic mass is 15.2. The minimum Gasteiger partial charge on any atom is -0.311 e. The lowest BCUT2D eigenvalue weighted by molar-refractivity contribution is 0.411. The van der Waals surface area contributed by atoms with E-state index in [0.29, 0.717) is 38.7 Å². The van der Waals surface area contributed by atoms with Gasteiger partial charge in [0.15, 0.2) is 0 Å². The van der Waals surface area contributed by atoms with Crippen molar-refractivity contribution in [3.05, 3.63) is 257 Å². The van der Waals surface area contributed by atoms with Crippen molar-refractivity contribution in [1.29, 1.82) is 0 Å². The van der Waals surface area contributed by atoms with Gasteiger partial charge in [-0.15, -0.1) is 0 Å². The second-order valence-electron chi connectivity index (χ2n) is 36.8. The van der Waals surface area contributed by atoms with Crippen LogP contribution in [0, 0.1) is 16.2 Å². The minimum atomic E-state index is -1.99. The van der Waals surface area contributed by atoms with E-state index in [2.05, 4.69) is 304 Å². The highest BCUT2D eigenvalue weighted by Gasteiger charge is 2.46. The Labute approximate surface area is 623 Å². The summed E-state index contributed by atoms with van der Waals surface area (Å²) in [5, 5.41) is 2.33. The second-order valence-corrected chi connectivity index (χ2v) is 36.8. The van der Waals surface area contributed by atoms with Crippen LogP contribution in [-0.4, -0.2) is 15.8 Å². The highest BCUT2D eigenvalue weighted by Crippen LogP contribution is 2.52. The van der Waals surface area contributed by atoms with Crippen LogP contribution >= 0.6 is 0 Å². The minimum absolute atomic E-state index is 0.0837. The molecule has 0 N–H and O–H groups in total. The third kappa shape index (κ3) is 12.5. The molecule has 2 aliphatic rings. The quantitative estimate of drug-likeness (QED) is 0.134. The van der Waals surface area contributed by atoms with Crippen molar-refractivity contribution < 1.29 is 13.7 Å². The van der Waals surface area contributed by atoms with Crippen LogP contribution in [0.1, 0.15) is 198 Å². The first-order valence-electron chi connectivity index (χ1n) is 41.7. The summed E-state index contributed by atoms with van der Waals surface area (Å²) < 4.78 is 102. The Morgan fingerprint density at radius 3 is 1.10 bits per heavy atom. The standard InChI is InChI=1S/C97H105BN4/c1-91(2,3)58-61-36-44-84-76(48-61)72-32-22-24-34-80(72)99(84)70-40-42-78-86(56-70)101(82-46-38-68(96(16,17)18)54-74(82)64-28-26-30-66(52-64)94(10,11)12)88-50-63(60-93(7,8)9)51-89-90(88)98(78)79-43-41-71(100-81-35-25-23-33-73(81)77-49-62(37-45-85(77)100)59-92(4,5)6)57-87(79)102(89)83-47-39-69(97(19,20)21)55-75(83)65-29-27-31-67(53-65)95(13,14)15/h22-57H,58-60H2,1-21H3/i22D,23D,24D,25D,32D,33D,34D,35D,60D2. The van der Waals surface area contributed by atoms with Gasteiger partial charge in [-0.25, -0.2) is 0 Å². The van der Waals surface area contributed by atoms with Gasteiger partial charge in [0.05, 0.1) is 44.4 Å². The van der Waals surface area contributed by atoms with E-state index < -0.39 is 18.5 Å². The summed E-state index contributed by atoms with van der Waals surface area (Å²) in [4.78, 5) is 4.75. The van der Waals surface area contributed by atoms with Crippen molar-refractivity contribution in [3.8, 4) is 33.6 Å². The SMILES string of the molecule is [2H]c1c([2H])c([2H])c2c(c1[2H])c1cc(CC(C)(C)C)ccc1n2-c1ccc2c(c1)N(c1ccc(C(C)(C)C)cc1-c1cccc(C(C)(C)C)c1)c1cc(C([2H])([2H])C(C)(C)C)cc3c1B2c1ccc(-n2c4ccc(CC(C)(C)C)cc4c4c([2H])c([2H])c([2H])c([2H])c42)cc1N3c1ccc(C(C)(C)C)cc1-c1cccc(C(C)(C)C)c1. The van der Waals surface area contributed by atoms with Crippen LogP contribution in [0.4, 0.5) is 34.1 Å². The molecule has 102 heavy (non-hydrogen) atoms. The third-order valence-corrected chi connectivity index (χ3v) is 20.8. The van der Waals surface area contributed by atoms with Gasteiger partial charge in [-0.05, 0) is 221 Å². The van der Waals surface area contributed by atoms with E-state index in [-0.39, 0.29) is 80.8 Å². The topological polar surface area (TPSA) is 16.3 Å². The predicted molar refractivity (Wildman–Crippen MR) is 444 cm³/mol. The first-order chi connectivity index (χ1) is 52.0. The molecule has 2 aromatic heterocycles. The molecule has 2 aliphatic heterocycles. The molecule has 0 saturated heterocycles. The Kier molecular flexibility index (Phi) is 13.6. The van der Waals surface area contributed by atoms with Crippen LogP contribution in [0.3, 0.4) is 0 Å². The summed E-state index contributed by atoms with van der Waals surface area (Å²) in [6, 6.07) is 59.5. The molecule has 15 rings (SSSR count). The molecule has 0 amide bonds. The molecule has 0 spiro atoms. The predicted octanol–water partition coefficient (Wildman–Crippen LogP) is 25.3. The van der Waals surface area contributed by atoms with Crippen molar-refractivity contribution in [2.45, 2.75) is 186 Å². The van der Waals surface area contributed by atoms with Crippen molar-refractivity contribution in [2.24, 2.45) is 16.2 Å². The third-order valence-electron chi connectivity index (χ3n) is 20.8. The lowest BCUT2D eigenvalue weighted by Crippen LogP contribution is -2.61. The van der Waals surface area contributed by atoms with Gasteiger partial charge in [-0.1, -0.05) is 267 Å². The summed E-state index contributed by atoms with van der Waals surface area (Å²) >= 11 is 0. The Morgan fingerprint density at radius 1 is 0.324 bits per heavy atom. The van der Waals surface area contributed by atoms with Crippen molar-refractivity contribution in [1.82, 2.24) is 9.13 Å². The number of benzene rings is 11. The number of nitrogens with zero attached hydrogens (tertiary/aromatic N) is 4. The van der Waals surface area contributed by atoms with E-state index in [9.17, 15) is 13.7 Å².